The number of hydrogen-bond donors (Lipinski definition) is 2. The van der Waals surface area contributed by atoms with Gasteiger partial charge in [-0.1, -0.05) is 36.4 Å². The summed E-state index contributed by atoms with van der Waals surface area (Å²) in [6.07, 6.45) is 1.80. The molecule has 0 fully saturated rings. The van der Waals surface area contributed by atoms with Crippen molar-refractivity contribution in [2.45, 2.75) is 20.1 Å². The number of nitrogens with zero attached hydrogens (tertiary/aromatic N) is 3. The first-order valence-corrected chi connectivity index (χ1v) is 9.47. The van der Waals surface area contributed by atoms with E-state index in [2.05, 4.69) is 29.0 Å². The summed E-state index contributed by atoms with van der Waals surface area (Å²) in [5, 5.41) is 9.41. The Bertz CT molecular complexity index is 1280. The quantitative estimate of drug-likeness (QED) is 0.466. The lowest BCUT2D eigenvalue weighted by Crippen LogP contribution is -2.02. The average Bonchev–Trinajstić information content (AvgIpc) is 3.46. The maximum absolute atomic E-state index is 9.41. The van der Waals surface area contributed by atoms with Crippen LogP contribution in [-0.2, 0) is 13.2 Å². The van der Waals surface area contributed by atoms with Crippen LogP contribution in [0.25, 0.3) is 33.7 Å². The molecule has 2 aromatic carbocycles. The molecular formula is C23H20N4O2. The van der Waals surface area contributed by atoms with Crippen molar-refractivity contribution in [3.8, 4) is 22.7 Å². The molecule has 0 radical (unpaired) electrons. The topological polar surface area (TPSA) is 79.9 Å². The minimum Gasteiger partial charge on any atom is -0.457 e. The van der Waals surface area contributed by atoms with E-state index in [-0.39, 0.29) is 6.61 Å². The smallest absolute Gasteiger partial charge is 0.153 e. The molecule has 0 spiro atoms. The Hall–Kier alpha value is -3.64. The number of rotatable bonds is 5. The highest BCUT2D eigenvalue weighted by Crippen LogP contribution is 2.33. The molecule has 0 atom stereocenters. The molecule has 3 heterocycles. The van der Waals surface area contributed by atoms with E-state index in [4.69, 9.17) is 9.40 Å². The molecule has 5 aromatic rings. The van der Waals surface area contributed by atoms with Gasteiger partial charge in [-0.3, -0.25) is 0 Å². The van der Waals surface area contributed by atoms with E-state index in [0.717, 1.165) is 33.8 Å². The fourth-order valence-corrected chi connectivity index (χ4v) is 3.57. The number of hydrogen-bond acceptors (Lipinski definition) is 4. The van der Waals surface area contributed by atoms with Crippen LogP contribution in [0.15, 0.2) is 71.4 Å². The lowest BCUT2D eigenvalue weighted by Gasteiger charge is -2.07. The number of imidazole rings is 2. The molecule has 0 saturated heterocycles. The van der Waals surface area contributed by atoms with Crippen molar-refractivity contribution in [2.75, 3.05) is 0 Å². The van der Waals surface area contributed by atoms with Gasteiger partial charge in [0.05, 0.1) is 29.6 Å². The summed E-state index contributed by atoms with van der Waals surface area (Å²) in [7, 11) is 0. The van der Waals surface area contributed by atoms with Gasteiger partial charge in [-0.25, -0.2) is 9.97 Å². The Kier molecular flexibility index (Phi) is 4.26. The van der Waals surface area contributed by atoms with Gasteiger partial charge in [-0.2, -0.15) is 0 Å². The lowest BCUT2D eigenvalue weighted by molar-refractivity contribution is 0.248. The van der Waals surface area contributed by atoms with Crippen molar-refractivity contribution in [1.29, 1.82) is 0 Å². The Morgan fingerprint density at radius 1 is 1.07 bits per heavy atom. The van der Waals surface area contributed by atoms with Gasteiger partial charge in [0.2, 0.25) is 0 Å². The van der Waals surface area contributed by atoms with Gasteiger partial charge in [0, 0.05) is 5.56 Å². The summed E-state index contributed by atoms with van der Waals surface area (Å²) >= 11 is 0. The van der Waals surface area contributed by atoms with Crippen LogP contribution in [0.5, 0.6) is 0 Å². The van der Waals surface area contributed by atoms with E-state index in [1.54, 1.807) is 12.4 Å². The number of H-pyrrole nitrogens is 1. The third-order valence-corrected chi connectivity index (χ3v) is 4.94. The Balaban J connectivity index is 1.61. The normalized spacial score (nSPS) is 11.4. The zero-order valence-corrected chi connectivity index (χ0v) is 16.0. The van der Waals surface area contributed by atoms with Gasteiger partial charge >= 0.3 is 0 Å². The number of aliphatic hydroxyl groups is 1. The van der Waals surface area contributed by atoms with Gasteiger partial charge in [-0.15, -0.1) is 0 Å². The number of benzene rings is 2. The Morgan fingerprint density at radius 3 is 2.72 bits per heavy atom. The molecule has 0 unspecified atom stereocenters. The Labute approximate surface area is 167 Å². The van der Waals surface area contributed by atoms with E-state index in [0.29, 0.717) is 18.1 Å². The lowest BCUT2D eigenvalue weighted by atomic mass is 10.1. The van der Waals surface area contributed by atoms with E-state index in [9.17, 15) is 5.11 Å². The minimum atomic E-state index is -0.141. The zero-order valence-electron chi connectivity index (χ0n) is 16.0. The number of fused-ring (bicyclic) bond motifs is 1. The molecule has 29 heavy (non-hydrogen) atoms. The second-order valence-electron chi connectivity index (χ2n) is 7.06. The van der Waals surface area contributed by atoms with Gasteiger partial charge in [-0.05, 0) is 36.8 Å². The van der Waals surface area contributed by atoms with Crippen molar-refractivity contribution in [2.24, 2.45) is 0 Å². The van der Waals surface area contributed by atoms with Crippen LogP contribution in [0.2, 0.25) is 0 Å². The van der Waals surface area contributed by atoms with Crippen LogP contribution in [0, 0.1) is 6.92 Å². The molecule has 0 amide bonds. The molecule has 0 aliphatic heterocycles. The van der Waals surface area contributed by atoms with E-state index < -0.39 is 0 Å². The molecule has 0 saturated carbocycles. The highest BCUT2D eigenvalue weighted by Gasteiger charge is 2.19. The van der Waals surface area contributed by atoms with Crippen LogP contribution in [0.3, 0.4) is 0 Å². The number of nitrogens with one attached hydrogen (secondary N) is 1. The first-order valence-electron chi connectivity index (χ1n) is 9.47. The zero-order chi connectivity index (χ0) is 19.8. The summed E-state index contributed by atoms with van der Waals surface area (Å²) in [6.45, 7) is 2.45. The third-order valence-electron chi connectivity index (χ3n) is 4.94. The van der Waals surface area contributed by atoms with Crippen LogP contribution in [0.1, 0.15) is 17.1 Å². The molecule has 0 bridgehead atoms. The van der Waals surface area contributed by atoms with Crippen molar-refractivity contribution >= 4 is 11.0 Å². The minimum absolute atomic E-state index is 0.141. The van der Waals surface area contributed by atoms with Crippen molar-refractivity contribution in [3.63, 3.8) is 0 Å². The van der Waals surface area contributed by atoms with Gasteiger partial charge in [0.15, 0.2) is 5.76 Å². The molecule has 6 nitrogen and oxygen atoms in total. The maximum Gasteiger partial charge on any atom is 0.153 e. The van der Waals surface area contributed by atoms with Crippen LogP contribution >= 0.6 is 0 Å². The highest BCUT2D eigenvalue weighted by atomic mass is 16.4. The number of aromatic amines is 1. The summed E-state index contributed by atoms with van der Waals surface area (Å²) in [4.78, 5) is 12.8. The molecule has 0 aliphatic carbocycles. The molecule has 3 aromatic heterocycles. The first-order chi connectivity index (χ1) is 14.2. The fourth-order valence-electron chi connectivity index (χ4n) is 3.57. The van der Waals surface area contributed by atoms with Crippen LogP contribution < -0.4 is 0 Å². The summed E-state index contributed by atoms with van der Waals surface area (Å²) in [6, 6.07) is 19.8. The summed E-state index contributed by atoms with van der Waals surface area (Å²) in [5.41, 5.74) is 5.84. The second kappa shape index (κ2) is 7.07. The predicted octanol–water partition coefficient (Wildman–Crippen LogP) is 4.54. The standard InChI is InChI=1S/C23H20N4O2/c1-15-7-9-18-19(11-15)26-21(25-18)12-27-14-24-22(16-5-3-2-4-6-16)23(27)20-10-8-17(13-28)29-20/h2-11,14,28H,12-13H2,1H3,(H,25,26). The maximum atomic E-state index is 9.41. The molecular weight excluding hydrogens is 364 g/mol. The fraction of sp³-hybridized carbons (Fsp3) is 0.130. The van der Waals surface area contributed by atoms with Crippen molar-refractivity contribution < 1.29 is 9.52 Å². The molecule has 144 valence electrons. The largest absolute Gasteiger partial charge is 0.457 e. The molecule has 5 rings (SSSR count). The predicted molar refractivity (Wildman–Crippen MR) is 111 cm³/mol. The molecule has 2 N–H and O–H groups in total. The van der Waals surface area contributed by atoms with E-state index in [1.165, 1.54) is 5.56 Å². The monoisotopic (exact) mass is 384 g/mol. The van der Waals surface area contributed by atoms with E-state index in [1.807, 2.05) is 47.0 Å². The molecule has 0 aliphatic rings. The van der Waals surface area contributed by atoms with Gasteiger partial charge < -0.3 is 19.1 Å². The van der Waals surface area contributed by atoms with Crippen LogP contribution in [-0.4, -0.2) is 24.6 Å². The third kappa shape index (κ3) is 3.23. The van der Waals surface area contributed by atoms with E-state index >= 15 is 0 Å². The first kappa shape index (κ1) is 17.5. The molecule has 6 heteroatoms. The highest BCUT2D eigenvalue weighted by molar-refractivity contribution is 5.77. The van der Waals surface area contributed by atoms with Gasteiger partial charge in [0.1, 0.15) is 23.9 Å². The summed E-state index contributed by atoms with van der Waals surface area (Å²) in [5.74, 6) is 2.03. The average molecular weight is 384 g/mol. The summed E-state index contributed by atoms with van der Waals surface area (Å²) < 4.78 is 7.87. The number of aromatic nitrogens is 4. The second-order valence-corrected chi connectivity index (χ2v) is 7.06. The van der Waals surface area contributed by atoms with Crippen molar-refractivity contribution in [1.82, 2.24) is 19.5 Å². The van der Waals surface area contributed by atoms with Gasteiger partial charge in [0.25, 0.3) is 0 Å². The number of furan rings is 1. The SMILES string of the molecule is Cc1ccc2nc(Cn3cnc(-c4ccccc4)c3-c3ccc(CO)o3)[nH]c2c1. The number of aryl methyl sites for hydroxylation is 1. The van der Waals surface area contributed by atoms with Crippen molar-refractivity contribution in [3.05, 3.63) is 84.1 Å². The Morgan fingerprint density at radius 2 is 1.93 bits per heavy atom. The van der Waals surface area contributed by atoms with Crippen LogP contribution in [0.4, 0.5) is 0 Å². The number of aliphatic hydroxyl groups excluding tert-OH is 1.